The first-order valence-electron chi connectivity index (χ1n) is 3.55. The van der Waals surface area contributed by atoms with E-state index in [1.807, 2.05) is 0 Å². The van der Waals surface area contributed by atoms with E-state index >= 15 is 0 Å². The first-order valence-corrected chi connectivity index (χ1v) is 3.55. The molecule has 1 fully saturated rings. The fraction of sp³-hybridized carbons (Fsp3) is 0.667. The summed E-state index contributed by atoms with van der Waals surface area (Å²) in [6.45, 7) is 1.10. The van der Waals surface area contributed by atoms with Crippen LogP contribution in [-0.2, 0) is 0 Å². The second-order valence-corrected chi connectivity index (χ2v) is 2.52. The van der Waals surface area contributed by atoms with Gasteiger partial charge >= 0.3 is 0 Å². The third-order valence-corrected chi connectivity index (χ3v) is 1.82. The lowest BCUT2D eigenvalue weighted by Gasteiger charge is -2.03. The van der Waals surface area contributed by atoms with Crippen molar-refractivity contribution in [1.82, 2.24) is 20.5 Å². The smallest absolute Gasteiger partial charge is 0.141 e. The lowest BCUT2D eigenvalue weighted by atomic mass is 10.2. The fourth-order valence-electron chi connectivity index (χ4n) is 1.30. The minimum Gasteiger partial charge on any atom is -0.307 e. The average Bonchev–Trinajstić information content (AvgIpc) is 2.59. The van der Waals surface area contributed by atoms with E-state index in [1.54, 1.807) is 6.33 Å². The van der Waals surface area contributed by atoms with E-state index in [0.717, 1.165) is 12.4 Å². The molecule has 0 aliphatic carbocycles. The van der Waals surface area contributed by atoms with Crippen LogP contribution in [0.3, 0.4) is 0 Å². The number of hydrogen-bond acceptors (Lipinski definition) is 3. The standard InChI is InChI=1S/C6H10N4.2ClH/c1-2-5(7-3-1)6-8-4-9-10-6;;/h4-5,7H,1-3H2,(H,8,9,10);2*1H. The molecule has 0 aromatic carbocycles. The van der Waals surface area contributed by atoms with Gasteiger partial charge in [0, 0.05) is 0 Å². The van der Waals surface area contributed by atoms with E-state index in [4.69, 9.17) is 0 Å². The summed E-state index contributed by atoms with van der Waals surface area (Å²) in [5, 5.41) is 9.97. The number of halogens is 2. The Bertz CT molecular complexity index is 195. The van der Waals surface area contributed by atoms with Crippen LogP contribution in [0.15, 0.2) is 6.33 Å². The van der Waals surface area contributed by atoms with E-state index in [2.05, 4.69) is 20.5 Å². The number of aromatic amines is 1. The molecule has 0 amide bonds. The van der Waals surface area contributed by atoms with Gasteiger partial charge < -0.3 is 5.32 Å². The van der Waals surface area contributed by atoms with E-state index in [1.165, 1.54) is 12.8 Å². The molecule has 1 saturated heterocycles. The minimum absolute atomic E-state index is 0. The maximum atomic E-state index is 4.07. The van der Waals surface area contributed by atoms with Gasteiger partial charge in [0.15, 0.2) is 0 Å². The van der Waals surface area contributed by atoms with Gasteiger partial charge in [-0.1, -0.05) is 0 Å². The Labute approximate surface area is 83.4 Å². The Balaban J connectivity index is 0.000000605. The number of aromatic nitrogens is 3. The average molecular weight is 211 g/mol. The summed E-state index contributed by atoms with van der Waals surface area (Å²) in [4.78, 5) is 4.07. The molecule has 1 aromatic heterocycles. The molecule has 0 radical (unpaired) electrons. The molecule has 12 heavy (non-hydrogen) atoms. The zero-order chi connectivity index (χ0) is 6.81. The molecule has 1 atom stereocenters. The van der Waals surface area contributed by atoms with Crippen LogP contribution in [0.1, 0.15) is 24.7 Å². The van der Waals surface area contributed by atoms with Crippen molar-refractivity contribution < 1.29 is 0 Å². The van der Waals surface area contributed by atoms with Crippen LogP contribution >= 0.6 is 24.8 Å². The highest BCUT2D eigenvalue weighted by molar-refractivity contribution is 5.85. The van der Waals surface area contributed by atoms with Gasteiger partial charge in [-0.2, -0.15) is 5.10 Å². The van der Waals surface area contributed by atoms with Crippen LogP contribution < -0.4 is 5.32 Å². The van der Waals surface area contributed by atoms with Gasteiger partial charge in [-0.3, -0.25) is 5.10 Å². The first-order chi connectivity index (χ1) is 4.97. The number of hydrogen-bond donors (Lipinski definition) is 2. The Morgan fingerprint density at radius 3 is 2.75 bits per heavy atom. The van der Waals surface area contributed by atoms with Crippen molar-refractivity contribution in [3.05, 3.63) is 12.2 Å². The highest BCUT2D eigenvalue weighted by Gasteiger charge is 2.17. The maximum Gasteiger partial charge on any atom is 0.141 e. The molecule has 2 rings (SSSR count). The predicted octanol–water partition coefficient (Wildman–Crippen LogP) is 1.07. The molecule has 0 saturated carbocycles. The highest BCUT2D eigenvalue weighted by atomic mass is 35.5. The Hall–Kier alpha value is -0.320. The summed E-state index contributed by atoms with van der Waals surface area (Å²) in [5.74, 6) is 0.970. The third-order valence-electron chi connectivity index (χ3n) is 1.82. The van der Waals surface area contributed by atoms with Gasteiger partial charge in [0.25, 0.3) is 0 Å². The van der Waals surface area contributed by atoms with Gasteiger partial charge in [0.2, 0.25) is 0 Å². The van der Waals surface area contributed by atoms with Crippen LogP contribution in [-0.4, -0.2) is 21.7 Å². The minimum atomic E-state index is 0. The molecule has 1 unspecified atom stereocenters. The Morgan fingerprint density at radius 2 is 2.25 bits per heavy atom. The van der Waals surface area contributed by atoms with E-state index in [9.17, 15) is 0 Å². The van der Waals surface area contributed by atoms with Crippen LogP contribution in [0.5, 0.6) is 0 Å². The van der Waals surface area contributed by atoms with E-state index in [-0.39, 0.29) is 24.8 Å². The van der Waals surface area contributed by atoms with Crippen molar-refractivity contribution in [2.45, 2.75) is 18.9 Å². The van der Waals surface area contributed by atoms with Gasteiger partial charge in [-0.05, 0) is 19.4 Å². The van der Waals surface area contributed by atoms with Crippen molar-refractivity contribution in [2.24, 2.45) is 0 Å². The molecule has 70 valence electrons. The molecule has 1 aromatic rings. The second-order valence-electron chi connectivity index (χ2n) is 2.52. The zero-order valence-electron chi connectivity index (χ0n) is 6.49. The molecule has 6 heteroatoms. The number of H-pyrrole nitrogens is 1. The first kappa shape index (κ1) is 11.7. The van der Waals surface area contributed by atoms with Crippen molar-refractivity contribution in [3.8, 4) is 0 Å². The Morgan fingerprint density at radius 1 is 1.42 bits per heavy atom. The van der Waals surface area contributed by atoms with Gasteiger partial charge in [0.1, 0.15) is 12.2 Å². The third kappa shape index (κ3) is 2.33. The number of rotatable bonds is 1. The fourth-order valence-corrected chi connectivity index (χ4v) is 1.30. The van der Waals surface area contributed by atoms with Crippen molar-refractivity contribution >= 4 is 24.8 Å². The topological polar surface area (TPSA) is 53.6 Å². The maximum absolute atomic E-state index is 4.07. The van der Waals surface area contributed by atoms with Gasteiger partial charge in [-0.25, -0.2) is 4.98 Å². The monoisotopic (exact) mass is 210 g/mol. The van der Waals surface area contributed by atoms with Crippen LogP contribution in [0, 0.1) is 0 Å². The summed E-state index contributed by atoms with van der Waals surface area (Å²) in [5.41, 5.74) is 0. The van der Waals surface area contributed by atoms with Gasteiger partial charge in [-0.15, -0.1) is 24.8 Å². The normalized spacial score (nSPS) is 21.2. The molecule has 2 heterocycles. The summed E-state index contributed by atoms with van der Waals surface area (Å²) in [6.07, 6.45) is 3.97. The quantitative estimate of drug-likeness (QED) is 0.730. The predicted molar refractivity (Wildman–Crippen MR) is 50.9 cm³/mol. The summed E-state index contributed by atoms with van der Waals surface area (Å²) >= 11 is 0. The molecule has 0 bridgehead atoms. The second kappa shape index (κ2) is 5.35. The molecular formula is C6H12Cl2N4. The summed E-state index contributed by atoms with van der Waals surface area (Å²) in [7, 11) is 0. The highest BCUT2D eigenvalue weighted by Crippen LogP contribution is 2.18. The molecule has 2 N–H and O–H groups in total. The lowest BCUT2D eigenvalue weighted by molar-refractivity contribution is 0.608. The molecule has 1 aliphatic heterocycles. The SMILES string of the molecule is Cl.Cl.c1n[nH]c(C2CCCN2)n1. The summed E-state index contributed by atoms with van der Waals surface area (Å²) < 4.78 is 0. The molecular weight excluding hydrogens is 199 g/mol. The molecule has 1 aliphatic rings. The number of nitrogens with one attached hydrogen (secondary N) is 2. The lowest BCUT2D eigenvalue weighted by Crippen LogP contribution is -2.14. The van der Waals surface area contributed by atoms with Crippen molar-refractivity contribution in [2.75, 3.05) is 6.54 Å². The zero-order valence-corrected chi connectivity index (χ0v) is 8.12. The van der Waals surface area contributed by atoms with Gasteiger partial charge in [0.05, 0.1) is 6.04 Å². The van der Waals surface area contributed by atoms with Crippen LogP contribution in [0.25, 0.3) is 0 Å². The Kier molecular flexibility index (Phi) is 5.20. The summed E-state index contributed by atoms with van der Waals surface area (Å²) in [6, 6.07) is 0.419. The van der Waals surface area contributed by atoms with E-state index in [0.29, 0.717) is 6.04 Å². The largest absolute Gasteiger partial charge is 0.307 e. The van der Waals surface area contributed by atoms with Crippen molar-refractivity contribution in [3.63, 3.8) is 0 Å². The molecule has 0 spiro atoms. The van der Waals surface area contributed by atoms with Crippen molar-refractivity contribution in [1.29, 1.82) is 0 Å². The number of nitrogens with zero attached hydrogens (tertiary/aromatic N) is 2. The van der Waals surface area contributed by atoms with Crippen LogP contribution in [0.4, 0.5) is 0 Å². The molecule has 4 nitrogen and oxygen atoms in total. The van der Waals surface area contributed by atoms with E-state index < -0.39 is 0 Å². The van der Waals surface area contributed by atoms with Crippen LogP contribution in [0.2, 0.25) is 0 Å².